The monoisotopic (exact) mass is 269 g/mol. The van der Waals surface area contributed by atoms with Gasteiger partial charge in [0.1, 0.15) is 5.75 Å². The quantitative estimate of drug-likeness (QED) is 0.521. The van der Waals surface area contributed by atoms with Gasteiger partial charge in [0.2, 0.25) is 0 Å². The molecular formula is C10H8F5NO2. The summed E-state index contributed by atoms with van der Waals surface area (Å²) in [6.07, 6.45) is -4.78. The van der Waals surface area contributed by atoms with Crippen molar-refractivity contribution in [2.75, 3.05) is 5.73 Å². The van der Waals surface area contributed by atoms with Crippen molar-refractivity contribution in [3.8, 4) is 5.75 Å². The van der Waals surface area contributed by atoms with Gasteiger partial charge in [0.25, 0.3) is 0 Å². The number of ether oxygens (including phenoxy) is 1. The molecule has 0 atom stereocenters. The van der Waals surface area contributed by atoms with Crippen LogP contribution in [-0.4, -0.2) is 12.4 Å². The van der Waals surface area contributed by atoms with Crippen LogP contribution in [0.25, 0.3) is 0 Å². The molecule has 0 saturated heterocycles. The van der Waals surface area contributed by atoms with Gasteiger partial charge in [-0.25, -0.2) is 0 Å². The number of hydrogen-bond donors (Lipinski definition) is 1. The number of benzene rings is 1. The molecule has 0 aliphatic heterocycles. The summed E-state index contributed by atoms with van der Waals surface area (Å²) >= 11 is 0. The van der Waals surface area contributed by atoms with E-state index in [9.17, 15) is 26.7 Å². The zero-order chi connectivity index (χ0) is 14.1. The fourth-order valence-corrected chi connectivity index (χ4v) is 1.31. The first-order chi connectivity index (χ1) is 8.12. The van der Waals surface area contributed by atoms with Crippen LogP contribution in [0.15, 0.2) is 12.1 Å². The molecule has 0 spiro atoms. The third-order valence-electron chi connectivity index (χ3n) is 2.05. The summed E-state index contributed by atoms with van der Waals surface area (Å²) in [6, 6.07) is 0.959. The number of nitrogens with two attached hydrogens (primary N) is 1. The number of carbonyl (C=O) groups excluding carboxylic acids is 1. The number of halogens is 5. The number of nitrogen functional groups attached to an aromatic ring is 1. The SMILES string of the molecule is CC(=O)c1cc(C(F)(F)F)c(N)cc1OC(F)F. The summed E-state index contributed by atoms with van der Waals surface area (Å²) in [5, 5.41) is 0. The molecule has 0 aliphatic rings. The van der Waals surface area contributed by atoms with E-state index in [1.54, 1.807) is 0 Å². The highest BCUT2D eigenvalue weighted by Crippen LogP contribution is 2.37. The van der Waals surface area contributed by atoms with Gasteiger partial charge >= 0.3 is 12.8 Å². The summed E-state index contributed by atoms with van der Waals surface area (Å²) in [6.45, 7) is -2.33. The maximum absolute atomic E-state index is 12.5. The Labute approximate surface area is 98.3 Å². The van der Waals surface area contributed by atoms with Crippen LogP contribution >= 0.6 is 0 Å². The number of anilines is 1. The first-order valence-corrected chi connectivity index (χ1v) is 4.59. The zero-order valence-electron chi connectivity index (χ0n) is 9.02. The standard InChI is InChI=1S/C10H8F5NO2/c1-4(17)5-2-6(10(13,14)15)7(16)3-8(5)18-9(11)12/h2-3,9H,16H2,1H3. The van der Waals surface area contributed by atoms with Gasteiger partial charge in [-0.2, -0.15) is 22.0 Å². The van der Waals surface area contributed by atoms with Crippen LogP contribution in [0.3, 0.4) is 0 Å². The van der Waals surface area contributed by atoms with Gasteiger partial charge in [-0.3, -0.25) is 4.79 Å². The lowest BCUT2D eigenvalue weighted by Gasteiger charge is -2.15. The molecule has 2 N–H and O–H groups in total. The highest BCUT2D eigenvalue weighted by molar-refractivity contribution is 5.97. The van der Waals surface area contributed by atoms with Crippen LogP contribution in [0, 0.1) is 0 Å². The molecule has 0 heterocycles. The third-order valence-corrected chi connectivity index (χ3v) is 2.05. The number of alkyl halides is 5. The predicted molar refractivity (Wildman–Crippen MR) is 52.5 cm³/mol. The lowest BCUT2D eigenvalue weighted by atomic mass is 10.0. The van der Waals surface area contributed by atoms with Gasteiger partial charge in [0.15, 0.2) is 5.78 Å². The highest BCUT2D eigenvalue weighted by atomic mass is 19.4. The maximum atomic E-state index is 12.5. The van der Waals surface area contributed by atoms with Crippen LogP contribution in [0.5, 0.6) is 5.75 Å². The average Bonchev–Trinajstić information content (AvgIpc) is 2.13. The van der Waals surface area contributed by atoms with E-state index in [0.29, 0.717) is 12.1 Å². The topological polar surface area (TPSA) is 52.3 Å². The van der Waals surface area contributed by atoms with Crippen LogP contribution in [0.4, 0.5) is 27.6 Å². The van der Waals surface area contributed by atoms with Crippen molar-refractivity contribution in [1.29, 1.82) is 0 Å². The van der Waals surface area contributed by atoms with Gasteiger partial charge in [0.05, 0.1) is 11.1 Å². The van der Waals surface area contributed by atoms with Crippen LogP contribution in [-0.2, 0) is 6.18 Å². The third kappa shape index (κ3) is 3.08. The van der Waals surface area contributed by atoms with Crippen LogP contribution < -0.4 is 10.5 Å². The van der Waals surface area contributed by atoms with Gasteiger partial charge in [-0.15, -0.1) is 0 Å². The molecule has 0 radical (unpaired) electrons. The van der Waals surface area contributed by atoms with E-state index in [1.807, 2.05) is 0 Å². The second kappa shape index (κ2) is 4.79. The lowest BCUT2D eigenvalue weighted by molar-refractivity contribution is -0.136. The summed E-state index contributed by atoms with van der Waals surface area (Å²) < 4.78 is 65.5. The Morgan fingerprint density at radius 1 is 1.33 bits per heavy atom. The minimum Gasteiger partial charge on any atom is -0.434 e. The zero-order valence-corrected chi connectivity index (χ0v) is 9.02. The molecule has 0 amide bonds. The largest absolute Gasteiger partial charge is 0.434 e. The Bertz CT molecular complexity index is 470. The molecule has 0 aliphatic carbocycles. The van der Waals surface area contributed by atoms with Crippen LogP contribution in [0.2, 0.25) is 0 Å². The van der Waals surface area contributed by atoms with Crippen molar-refractivity contribution in [3.63, 3.8) is 0 Å². The van der Waals surface area contributed by atoms with Crippen molar-refractivity contribution in [1.82, 2.24) is 0 Å². The van der Waals surface area contributed by atoms with Gasteiger partial charge in [-0.1, -0.05) is 0 Å². The molecule has 0 saturated carbocycles. The summed E-state index contributed by atoms with van der Waals surface area (Å²) in [5.74, 6) is -1.51. The van der Waals surface area contributed by atoms with E-state index in [1.165, 1.54) is 0 Å². The average molecular weight is 269 g/mol. The van der Waals surface area contributed by atoms with E-state index in [0.717, 1.165) is 6.92 Å². The normalized spacial score (nSPS) is 11.7. The number of carbonyl (C=O) groups is 1. The highest BCUT2D eigenvalue weighted by Gasteiger charge is 2.34. The summed E-state index contributed by atoms with van der Waals surface area (Å²) in [4.78, 5) is 11.1. The Morgan fingerprint density at radius 3 is 2.28 bits per heavy atom. The fraction of sp³-hybridized carbons (Fsp3) is 0.300. The van der Waals surface area contributed by atoms with E-state index in [2.05, 4.69) is 4.74 Å². The van der Waals surface area contributed by atoms with E-state index in [4.69, 9.17) is 5.73 Å². The fourth-order valence-electron chi connectivity index (χ4n) is 1.31. The second-order valence-electron chi connectivity index (χ2n) is 3.37. The van der Waals surface area contributed by atoms with Crippen molar-refractivity contribution in [3.05, 3.63) is 23.3 Å². The Balaban J connectivity index is 3.39. The number of rotatable bonds is 3. The van der Waals surface area contributed by atoms with Crippen molar-refractivity contribution >= 4 is 11.5 Å². The molecule has 1 rings (SSSR count). The second-order valence-corrected chi connectivity index (χ2v) is 3.37. The van der Waals surface area contributed by atoms with Crippen molar-refractivity contribution < 1.29 is 31.5 Å². The van der Waals surface area contributed by atoms with Gasteiger partial charge in [-0.05, 0) is 13.0 Å². The first kappa shape index (κ1) is 14.2. The molecule has 0 unspecified atom stereocenters. The van der Waals surface area contributed by atoms with Gasteiger partial charge < -0.3 is 10.5 Å². The van der Waals surface area contributed by atoms with E-state index >= 15 is 0 Å². The van der Waals surface area contributed by atoms with Gasteiger partial charge in [0, 0.05) is 11.8 Å². The molecule has 8 heteroatoms. The Kier molecular flexibility index (Phi) is 3.78. The first-order valence-electron chi connectivity index (χ1n) is 4.59. The summed E-state index contributed by atoms with van der Waals surface area (Å²) in [5.41, 5.74) is 2.44. The predicted octanol–water partition coefficient (Wildman–Crippen LogP) is 3.09. The molecule has 100 valence electrons. The van der Waals surface area contributed by atoms with E-state index in [-0.39, 0.29) is 0 Å². The molecule has 18 heavy (non-hydrogen) atoms. The maximum Gasteiger partial charge on any atom is 0.418 e. The molecule has 0 bridgehead atoms. The molecule has 3 nitrogen and oxygen atoms in total. The number of ketones is 1. The molecular weight excluding hydrogens is 261 g/mol. The lowest BCUT2D eigenvalue weighted by Crippen LogP contribution is -2.13. The van der Waals surface area contributed by atoms with E-state index < -0.39 is 41.1 Å². The number of Topliss-reactive ketones (excluding diaryl/α,β-unsaturated/α-hetero) is 1. The minimum atomic E-state index is -4.78. The smallest absolute Gasteiger partial charge is 0.418 e. The van der Waals surface area contributed by atoms with Crippen molar-refractivity contribution in [2.24, 2.45) is 0 Å². The molecule has 1 aromatic rings. The van der Waals surface area contributed by atoms with Crippen LogP contribution in [0.1, 0.15) is 22.8 Å². The Hall–Kier alpha value is -1.86. The van der Waals surface area contributed by atoms with Crippen molar-refractivity contribution in [2.45, 2.75) is 19.7 Å². The molecule has 0 fully saturated rings. The minimum absolute atomic E-state index is 0.398. The Morgan fingerprint density at radius 2 is 1.89 bits per heavy atom. The summed E-state index contributed by atoms with van der Waals surface area (Å²) in [7, 11) is 0. The molecule has 0 aromatic heterocycles. The molecule has 1 aromatic carbocycles. The number of hydrogen-bond acceptors (Lipinski definition) is 3.